The van der Waals surface area contributed by atoms with Crippen molar-refractivity contribution in [3.05, 3.63) is 11.6 Å². The van der Waals surface area contributed by atoms with Crippen LogP contribution in [0, 0.1) is 0 Å². The van der Waals surface area contributed by atoms with E-state index in [4.69, 9.17) is 0 Å². The number of hydrogen-bond acceptors (Lipinski definition) is 3. The van der Waals surface area contributed by atoms with E-state index in [0.29, 0.717) is 12.1 Å². The molecule has 0 aliphatic carbocycles. The second kappa shape index (κ2) is 4.21. The van der Waals surface area contributed by atoms with Gasteiger partial charge < -0.3 is 9.74 Å². The van der Waals surface area contributed by atoms with Crippen LogP contribution in [-0.2, 0) is 4.84 Å². The lowest BCUT2D eigenvalue weighted by molar-refractivity contribution is 0.208. The van der Waals surface area contributed by atoms with Crippen LogP contribution < -0.4 is 0 Å². The summed E-state index contributed by atoms with van der Waals surface area (Å²) in [5.41, 5.74) is 0.616. The van der Waals surface area contributed by atoms with E-state index in [1.54, 1.807) is 0 Å². The Kier molecular flexibility index (Phi) is 3.22. The van der Waals surface area contributed by atoms with Gasteiger partial charge in [-0.3, -0.25) is 0 Å². The number of rotatable bonds is 2. The van der Waals surface area contributed by atoms with E-state index in [-0.39, 0.29) is 0 Å². The van der Waals surface area contributed by atoms with Gasteiger partial charge in [0.15, 0.2) is 0 Å². The lowest BCUT2D eigenvalue weighted by Crippen LogP contribution is -2.27. The summed E-state index contributed by atoms with van der Waals surface area (Å²) in [7, 11) is 3.29. The van der Waals surface area contributed by atoms with Crippen LogP contribution in [0.3, 0.4) is 0 Å². The average Bonchev–Trinajstić information content (AvgIpc) is 2.05. The molecule has 1 aliphatic heterocycles. The Bertz CT molecular complexity index is 213. The summed E-state index contributed by atoms with van der Waals surface area (Å²) in [5, 5.41) is 3.24. The maximum atomic E-state index is 13.0. The molecular weight excluding hydrogens is 159 g/mol. The number of halogens is 1. The molecule has 0 atom stereocenters. The van der Waals surface area contributed by atoms with Gasteiger partial charge >= 0.3 is 0 Å². The lowest BCUT2D eigenvalue weighted by Gasteiger charge is -2.20. The summed E-state index contributed by atoms with van der Waals surface area (Å²) in [4.78, 5) is 6.39. The molecule has 0 bridgehead atoms. The highest BCUT2D eigenvalue weighted by molar-refractivity contribution is 5.92. The zero-order valence-corrected chi connectivity index (χ0v) is 7.38. The van der Waals surface area contributed by atoms with Crippen LogP contribution in [0.4, 0.5) is 4.39 Å². The number of hydrogen-bond donors (Lipinski definition) is 0. The Labute approximate surface area is 71.5 Å². The molecule has 0 unspecified atom stereocenters. The second-order valence-electron chi connectivity index (χ2n) is 2.82. The van der Waals surface area contributed by atoms with Crippen molar-refractivity contribution in [1.29, 1.82) is 0 Å². The van der Waals surface area contributed by atoms with Crippen molar-refractivity contribution in [3.8, 4) is 0 Å². The second-order valence-corrected chi connectivity index (χ2v) is 2.82. The highest BCUT2D eigenvalue weighted by Gasteiger charge is 2.13. The average molecular weight is 172 g/mol. The zero-order valence-electron chi connectivity index (χ0n) is 7.38. The first-order valence-corrected chi connectivity index (χ1v) is 3.88. The molecule has 0 saturated heterocycles. The van der Waals surface area contributed by atoms with Gasteiger partial charge in [0.25, 0.3) is 5.97 Å². The van der Waals surface area contributed by atoms with Crippen LogP contribution in [0.15, 0.2) is 16.8 Å². The maximum absolute atomic E-state index is 13.0. The monoisotopic (exact) mass is 172 g/mol. The molecule has 4 heteroatoms. The summed E-state index contributed by atoms with van der Waals surface area (Å²) in [6.45, 7) is 1.59. The minimum absolute atomic E-state index is 0.510. The minimum Gasteiger partial charge on any atom is -0.397 e. The molecule has 1 heterocycles. The van der Waals surface area contributed by atoms with Crippen molar-refractivity contribution in [2.75, 3.05) is 27.2 Å². The molecule has 1 rings (SSSR count). The first-order valence-electron chi connectivity index (χ1n) is 3.88. The molecule has 0 radical (unpaired) electrons. The summed E-state index contributed by atoms with van der Waals surface area (Å²) in [5.74, 6) is -0.510. The number of nitrogens with zero attached hydrogens (tertiary/aromatic N) is 2. The fourth-order valence-corrected chi connectivity index (χ4v) is 1.18. The predicted octanol–water partition coefficient (Wildman–Crippen LogP) is 1.18. The zero-order chi connectivity index (χ0) is 8.97. The molecule has 1 aliphatic rings. The Balaban J connectivity index is 2.62. The van der Waals surface area contributed by atoms with Crippen molar-refractivity contribution in [3.63, 3.8) is 0 Å². The fourth-order valence-electron chi connectivity index (χ4n) is 1.18. The van der Waals surface area contributed by atoms with Crippen molar-refractivity contribution in [2.24, 2.45) is 5.16 Å². The first kappa shape index (κ1) is 9.19. The summed E-state index contributed by atoms with van der Waals surface area (Å²) >= 11 is 0. The van der Waals surface area contributed by atoms with E-state index in [9.17, 15) is 4.39 Å². The Morgan fingerprint density at radius 1 is 1.75 bits per heavy atom. The highest BCUT2D eigenvalue weighted by atomic mass is 19.1. The topological polar surface area (TPSA) is 24.8 Å². The largest absolute Gasteiger partial charge is 0.397 e. The van der Waals surface area contributed by atoms with Crippen molar-refractivity contribution < 1.29 is 9.23 Å². The van der Waals surface area contributed by atoms with Crippen LogP contribution in [0.2, 0.25) is 0 Å². The molecule has 68 valence electrons. The Morgan fingerprint density at radius 2 is 2.50 bits per heavy atom. The maximum Gasteiger partial charge on any atom is 0.253 e. The molecule has 12 heavy (non-hydrogen) atoms. The molecule has 0 spiro atoms. The van der Waals surface area contributed by atoms with Crippen LogP contribution >= 0.6 is 0 Å². The third-order valence-electron chi connectivity index (χ3n) is 1.78. The van der Waals surface area contributed by atoms with Crippen LogP contribution in [0.25, 0.3) is 0 Å². The van der Waals surface area contributed by atoms with E-state index >= 15 is 0 Å². The van der Waals surface area contributed by atoms with E-state index in [1.807, 2.05) is 18.0 Å². The molecule has 0 aromatic rings. The Hall–Kier alpha value is -0.900. The van der Waals surface area contributed by atoms with Crippen molar-refractivity contribution in [1.82, 2.24) is 4.90 Å². The Morgan fingerprint density at radius 3 is 3.08 bits per heavy atom. The molecule has 0 N–H and O–H groups in total. The summed E-state index contributed by atoms with van der Waals surface area (Å²) in [6.07, 6.45) is 2.73. The molecular formula is C8H13FN2O. The predicted molar refractivity (Wildman–Crippen MR) is 45.7 cm³/mol. The molecule has 0 fully saturated rings. The van der Waals surface area contributed by atoms with Gasteiger partial charge in [0.2, 0.25) is 0 Å². The van der Waals surface area contributed by atoms with Gasteiger partial charge in [0, 0.05) is 18.7 Å². The SMILES string of the molecule is CO/N=C(/F)C1=CCCN(C)C1. The van der Waals surface area contributed by atoms with Gasteiger partial charge in [-0.1, -0.05) is 11.2 Å². The fraction of sp³-hybridized carbons (Fsp3) is 0.625. The normalized spacial score (nSPS) is 20.6. The van der Waals surface area contributed by atoms with E-state index < -0.39 is 5.97 Å². The third-order valence-corrected chi connectivity index (χ3v) is 1.78. The van der Waals surface area contributed by atoms with Crippen LogP contribution in [0.5, 0.6) is 0 Å². The third kappa shape index (κ3) is 2.30. The van der Waals surface area contributed by atoms with Gasteiger partial charge in [-0.05, 0) is 13.5 Å². The molecule has 3 nitrogen and oxygen atoms in total. The van der Waals surface area contributed by atoms with Gasteiger partial charge in [0.05, 0.1) is 0 Å². The minimum atomic E-state index is -0.510. The summed E-state index contributed by atoms with van der Waals surface area (Å²) in [6, 6.07) is 0. The molecule has 0 amide bonds. The summed E-state index contributed by atoms with van der Waals surface area (Å²) < 4.78 is 13.0. The van der Waals surface area contributed by atoms with Gasteiger partial charge in [-0.2, -0.15) is 4.39 Å². The van der Waals surface area contributed by atoms with E-state index in [1.165, 1.54) is 7.11 Å². The van der Waals surface area contributed by atoms with Crippen LogP contribution in [0.1, 0.15) is 6.42 Å². The highest BCUT2D eigenvalue weighted by Crippen LogP contribution is 2.10. The van der Waals surface area contributed by atoms with Gasteiger partial charge in [-0.25, -0.2) is 0 Å². The first-order chi connectivity index (χ1) is 5.74. The number of likely N-dealkylation sites (N-methyl/N-ethyl adjacent to an activating group) is 1. The quantitative estimate of drug-likeness (QED) is 0.461. The molecule has 0 saturated carbocycles. The van der Waals surface area contributed by atoms with Crippen LogP contribution in [-0.4, -0.2) is 38.1 Å². The lowest BCUT2D eigenvalue weighted by atomic mass is 10.1. The van der Waals surface area contributed by atoms with Gasteiger partial charge in [0.1, 0.15) is 7.11 Å². The van der Waals surface area contributed by atoms with E-state index in [0.717, 1.165) is 13.0 Å². The van der Waals surface area contributed by atoms with Gasteiger partial charge in [-0.15, -0.1) is 0 Å². The van der Waals surface area contributed by atoms with E-state index in [2.05, 4.69) is 9.99 Å². The standard InChI is InChI=1S/C8H13FN2O/c1-11-5-3-4-7(6-11)8(9)10-12-2/h4H,3,5-6H2,1-2H3/b10-8+. The molecule has 0 aromatic heterocycles. The van der Waals surface area contributed by atoms with Crippen molar-refractivity contribution in [2.45, 2.75) is 6.42 Å². The smallest absolute Gasteiger partial charge is 0.253 e. The molecule has 0 aromatic carbocycles. The van der Waals surface area contributed by atoms with Crippen molar-refractivity contribution >= 4 is 5.97 Å². The number of oxime groups is 1.